The van der Waals surface area contributed by atoms with Crippen molar-refractivity contribution < 1.29 is 13.6 Å². The predicted octanol–water partition coefficient (Wildman–Crippen LogP) is 6.60. The van der Waals surface area contributed by atoms with E-state index in [4.69, 9.17) is 27.6 Å². The van der Waals surface area contributed by atoms with Gasteiger partial charge in [0.1, 0.15) is 11.4 Å². The number of carbonyl (C=O) groups excluding carboxylic acids is 1. The minimum Gasteiger partial charge on any atom is -0.450 e. The molecule has 1 unspecified atom stereocenters. The number of hydrogen-bond donors (Lipinski definition) is 0. The Morgan fingerprint density at radius 1 is 0.939 bits per heavy atom. The van der Waals surface area contributed by atoms with E-state index in [1.165, 1.54) is 12.1 Å². The fourth-order valence-corrected chi connectivity index (χ4v) is 4.56. The fraction of sp³-hybridized carbons (Fsp3) is 0.154. The van der Waals surface area contributed by atoms with Gasteiger partial charge in [-0.25, -0.2) is 4.39 Å². The highest BCUT2D eigenvalue weighted by atomic mass is 35.5. The van der Waals surface area contributed by atoms with Gasteiger partial charge in [0.05, 0.1) is 27.0 Å². The molecule has 1 aliphatic rings. The van der Waals surface area contributed by atoms with E-state index in [9.17, 15) is 14.0 Å². The van der Waals surface area contributed by atoms with Crippen LogP contribution in [0.15, 0.2) is 63.8 Å². The molecule has 0 fully saturated rings. The summed E-state index contributed by atoms with van der Waals surface area (Å²) in [6.07, 6.45) is 0. The lowest BCUT2D eigenvalue weighted by atomic mass is 9.97. The van der Waals surface area contributed by atoms with Crippen molar-refractivity contribution in [3.05, 3.63) is 114 Å². The molecular formula is C26H18Cl2FNO3. The van der Waals surface area contributed by atoms with Crippen molar-refractivity contribution in [3.63, 3.8) is 0 Å². The summed E-state index contributed by atoms with van der Waals surface area (Å²) in [5, 5.41) is 1.10. The second-order valence-corrected chi connectivity index (χ2v) is 9.06. The van der Waals surface area contributed by atoms with E-state index in [0.29, 0.717) is 32.1 Å². The third kappa shape index (κ3) is 3.62. The summed E-state index contributed by atoms with van der Waals surface area (Å²) in [4.78, 5) is 28.7. The molecule has 1 aromatic heterocycles. The first kappa shape index (κ1) is 21.7. The van der Waals surface area contributed by atoms with E-state index in [1.807, 2.05) is 13.8 Å². The Morgan fingerprint density at radius 3 is 2.33 bits per heavy atom. The summed E-state index contributed by atoms with van der Waals surface area (Å²) in [6, 6.07) is 13.7. The lowest BCUT2D eigenvalue weighted by molar-refractivity contribution is 0.0714. The summed E-state index contributed by atoms with van der Waals surface area (Å²) >= 11 is 12.4. The zero-order valence-corrected chi connectivity index (χ0v) is 19.3. The lowest BCUT2D eigenvalue weighted by Crippen LogP contribution is -2.29. The monoisotopic (exact) mass is 481 g/mol. The number of benzene rings is 3. The Balaban J connectivity index is 1.74. The van der Waals surface area contributed by atoms with Crippen LogP contribution in [0.3, 0.4) is 0 Å². The maximum atomic E-state index is 13.7. The van der Waals surface area contributed by atoms with Crippen LogP contribution in [0, 0.1) is 19.7 Å². The molecule has 0 spiro atoms. The van der Waals surface area contributed by atoms with E-state index >= 15 is 0 Å². The molecule has 0 N–H and O–H groups in total. The Hall–Kier alpha value is -3.15. The number of halogens is 3. The van der Waals surface area contributed by atoms with Crippen LogP contribution in [0.4, 0.5) is 4.39 Å². The fourth-order valence-electron chi connectivity index (χ4n) is 4.25. The molecule has 0 radical (unpaired) electrons. The first-order valence-corrected chi connectivity index (χ1v) is 11.1. The molecule has 4 aromatic rings. The van der Waals surface area contributed by atoms with Gasteiger partial charge >= 0.3 is 0 Å². The molecule has 1 amide bonds. The molecular weight excluding hydrogens is 464 g/mol. The first-order chi connectivity index (χ1) is 15.7. The van der Waals surface area contributed by atoms with Crippen LogP contribution >= 0.6 is 23.2 Å². The largest absolute Gasteiger partial charge is 0.450 e. The van der Waals surface area contributed by atoms with Crippen LogP contribution in [0.25, 0.3) is 11.0 Å². The van der Waals surface area contributed by atoms with E-state index in [2.05, 4.69) is 0 Å². The molecule has 3 aromatic carbocycles. The van der Waals surface area contributed by atoms with E-state index in [0.717, 1.165) is 11.1 Å². The third-order valence-corrected chi connectivity index (χ3v) is 6.85. The van der Waals surface area contributed by atoms with Crippen molar-refractivity contribution >= 4 is 40.1 Å². The van der Waals surface area contributed by atoms with E-state index in [-0.39, 0.29) is 29.1 Å². The minimum absolute atomic E-state index is 0.00828. The molecule has 5 rings (SSSR count). The van der Waals surface area contributed by atoms with Gasteiger partial charge in [0.2, 0.25) is 5.76 Å². The second-order valence-electron chi connectivity index (χ2n) is 8.24. The standard InChI is InChI=1S/C26H18Cl2FNO3/c1-13-9-18-21(10-14(13)2)33-25-22(24(18)31)23(16-5-8-19(27)20(28)11-16)30(26(25)32)12-15-3-6-17(29)7-4-15/h3-11,23H,12H2,1-2H3. The zero-order valence-electron chi connectivity index (χ0n) is 17.8. The van der Waals surface area contributed by atoms with Crippen LogP contribution in [0.1, 0.15) is 44.4 Å². The van der Waals surface area contributed by atoms with Gasteiger partial charge in [-0.05, 0) is 72.5 Å². The average Bonchev–Trinajstić information content (AvgIpc) is 3.05. The molecule has 0 saturated carbocycles. The van der Waals surface area contributed by atoms with Crippen molar-refractivity contribution in [1.29, 1.82) is 0 Å². The van der Waals surface area contributed by atoms with Crippen LogP contribution in [0.5, 0.6) is 0 Å². The molecule has 7 heteroatoms. The number of hydrogen-bond acceptors (Lipinski definition) is 3. The second kappa shape index (κ2) is 8.01. The van der Waals surface area contributed by atoms with Gasteiger partial charge in [-0.3, -0.25) is 9.59 Å². The molecule has 33 heavy (non-hydrogen) atoms. The normalized spacial score (nSPS) is 15.4. The summed E-state index contributed by atoms with van der Waals surface area (Å²) < 4.78 is 19.4. The molecule has 166 valence electrons. The minimum atomic E-state index is -0.727. The number of nitrogens with zero attached hydrogens (tertiary/aromatic N) is 1. The Bertz CT molecular complexity index is 1490. The highest BCUT2D eigenvalue weighted by Crippen LogP contribution is 2.40. The van der Waals surface area contributed by atoms with Crippen molar-refractivity contribution in [3.8, 4) is 0 Å². The summed E-state index contributed by atoms with van der Waals surface area (Å²) in [5.74, 6) is -0.777. The number of fused-ring (bicyclic) bond motifs is 2. The van der Waals surface area contributed by atoms with Gasteiger partial charge < -0.3 is 9.32 Å². The average molecular weight is 482 g/mol. The number of rotatable bonds is 3. The van der Waals surface area contributed by atoms with E-state index < -0.39 is 11.9 Å². The SMILES string of the molecule is Cc1cc2oc3c(c(=O)c2cc1C)C(c1ccc(Cl)c(Cl)c1)N(Cc1ccc(F)cc1)C3=O. The Kier molecular flexibility index (Phi) is 5.26. The van der Waals surface area contributed by atoms with Crippen LogP contribution in [-0.4, -0.2) is 10.8 Å². The zero-order chi connectivity index (χ0) is 23.4. The van der Waals surface area contributed by atoms with Gasteiger partial charge in [0, 0.05) is 6.54 Å². The third-order valence-electron chi connectivity index (χ3n) is 6.11. The van der Waals surface area contributed by atoms with E-state index in [1.54, 1.807) is 47.4 Å². The summed E-state index contributed by atoms with van der Waals surface area (Å²) in [7, 11) is 0. The molecule has 4 nitrogen and oxygen atoms in total. The maximum absolute atomic E-state index is 13.7. The van der Waals surface area contributed by atoms with Crippen molar-refractivity contribution in [2.24, 2.45) is 0 Å². The summed E-state index contributed by atoms with van der Waals surface area (Å²) in [5.41, 5.74) is 3.62. The summed E-state index contributed by atoms with van der Waals surface area (Å²) in [6.45, 7) is 4.00. The van der Waals surface area contributed by atoms with Crippen LogP contribution in [0.2, 0.25) is 10.0 Å². The highest BCUT2D eigenvalue weighted by Gasteiger charge is 2.43. The van der Waals surface area contributed by atoms with Gasteiger partial charge in [0.15, 0.2) is 5.43 Å². The van der Waals surface area contributed by atoms with Crippen LogP contribution in [-0.2, 0) is 6.54 Å². The lowest BCUT2D eigenvalue weighted by Gasteiger charge is -2.25. The molecule has 0 saturated heterocycles. The van der Waals surface area contributed by atoms with Crippen molar-refractivity contribution in [1.82, 2.24) is 4.90 Å². The van der Waals surface area contributed by atoms with Crippen LogP contribution < -0.4 is 5.43 Å². The quantitative estimate of drug-likeness (QED) is 0.331. The number of carbonyl (C=O) groups is 1. The Morgan fingerprint density at radius 2 is 1.64 bits per heavy atom. The highest BCUT2D eigenvalue weighted by molar-refractivity contribution is 6.42. The van der Waals surface area contributed by atoms with Gasteiger partial charge in [0.25, 0.3) is 5.91 Å². The van der Waals surface area contributed by atoms with Gasteiger partial charge in [-0.15, -0.1) is 0 Å². The molecule has 1 aliphatic heterocycles. The number of amides is 1. The maximum Gasteiger partial charge on any atom is 0.291 e. The molecule has 1 atom stereocenters. The first-order valence-electron chi connectivity index (χ1n) is 10.3. The molecule has 0 aliphatic carbocycles. The van der Waals surface area contributed by atoms with Gasteiger partial charge in [-0.2, -0.15) is 0 Å². The Labute approximate surface area is 199 Å². The predicted molar refractivity (Wildman–Crippen MR) is 127 cm³/mol. The smallest absolute Gasteiger partial charge is 0.291 e. The molecule has 0 bridgehead atoms. The van der Waals surface area contributed by atoms with Gasteiger partial charge in [-0.1, -0.05) is 41.4 Å². The molecule has 2 heterocycles. The van der Waals surface area contributed by atoms with Crippen molar-refractivity contribution in [2.45, 2.75) is 26.4 Å². The number of aryl methyl sites for hydroxylation is 2. The van der Waals surface area contributed by atoms with Crippen molar-refractivity contribution in [2.75, 3.05) is 0 Å². The topological polar surface area (TPSA) is 50.5 Å².